The summed E-state index contributed by atoms with van der Waals surface area (Å²) in [5.41, 5.74) is -1.17. The van der Waals surface area contributed by atoms with Gasteiger partial charge in [-0.05, 0) is 52.9 Å². The number of carbonyl (C=O) groups is 2. The molecule has 0 aromatic heterocycles. The molecule has 0 bridgehead atoms. The second kappa shape index (κ2) is 8.28. The summed E-state index contributed by atoms with van der Waals surface area (Å²) in [7, 11) is 0. The number of hydrogen-bond donors (Lipinski definition) is 0. The third kappa shape index (κ3) is 5.51. The molecule has 0 radical (unpaired) electrons. The molecule has 4 heteroatoms. The van der Waals surface area contributed by atoms with Gasteiger partial charge in [0, 0.05) is 0 Å². The van der Waals surface area contributed by atoms with Gasteiger partial charge in [0.05, 0.1) is 12.2 Å². The molecule has 0 rings (SSSR count). The largest absolute Gasteiger partial charge is 0.462 e. The second-order valence-electron chi connectivity index (χ2n) is 6.28. The zero-order valence-electron chi connectivity index (χ0n) is 14.0. The van der Waals surface area contributed by atoms with Crippen molar-refractivity contribution in [3.63, 3.8) is 0 Å². The summed E-state index contributed by atoms with van der Waals surface area (Å²) >= 11 is 0. The first kappa shape index (κ1) is 18.9. The van der Waals surface area contributed by atoms with Crippen LogP contribution in [0, 0.1) is 11.3 Å². The van der Waals surface area contributed by atoms with Crippen LogP contribution in [0.4, 0.5) is 0 Å². The SMILES string of the molecule is CCC(CCC(C)C)(C(=O)OC(C)C)C(=O)OC(C)C. The molecular weight excluding hydrogens is 256 g/mol. The van der Waals surface area contributed by atoms with Gasteiger partial charge in [-0.3, -0.25) is 9.59 Å². The Morgan fingerprint density at radius 3 is 1.55 bits per heavy atom. The normalized spacial score (nSPS) is 12.1. The molecule has 0 spiro atoms. The van der Waals surface area contributed by atoms with Gasteiger partial charge in [0.1, 0.15) is 0 Å². The zero-order valence-corrected chi connectivity index (χ0v) is 14.0. The molecule has 118 valence electrons. The van der Waals surface area contributed by atoms with Crippen LogP contribution >= 0.6 is 0 Å². The average Bonchev–Trinajstić information content (AvgIpc) is 2.27. The molecule has 0 fully saturated rings. The van der Waals surface area contributed by atoms with Gasteiger partial charge in [0.2, 0.25) is 0 Å². The van der Waals surface area contributed by atoms with Crippen LogP contribution in [0.1, 0.15) is 67.7 Å². The minimum absolute atomic E-state index is 0.237. The molecule has 0 amide bonds. The number of carbonyl (C=O) groups excluding carboxylic acids is 2. The highest BCUT2D eigenvalue weighted by Gasteiger charge is 2.47. The molecule has 0 aromatic carbocycles. The Hall–Kier alpha value is -1.06. The Kier molecular flexibility index (Phi) is 7.84. The van der Waals surface area contributed by atoms with Crippen molar-refractivity contribution in [2.75, 3.05) is 0 Å². The highest BCUT2D eigenvalue weighted by atomic mass is 16.6. The first-order valence-electron chi connectivity index (χ1n) is 7.57. The Labute approximate surface area is 123 Å². The van der Waals surface area contributed by atoms with E-state index in [1.54, 1.807) is 27.7 Å². The predicted octanol–water partition coefficient (Wildman–Crippen LogP) is 3.72. The van der Waals surface area contributed by atoms with E-state index in [-0.39, 0.29) is 12.2 Å². The lowest BCUT2D eigenvalue weighted by Gasteiger charge is -2.30. The molecule has 0 saturated heterocycles. The Balaban J connectivity index is 5.25. The molecule has 0 atom stereocenters. The first-order chi connectivity index (χ1) is 9.15. The Bertz CT molecular complexity index is 296. The van der Waals surface area contributed by atoms with Gasteiger partial charge >= 0.3 is 11.9 Å². The number of rotatable bonds is 8. The fraction of sp³-hybridized carbons (Fsp3) is 0.875. The van der Waals surface area contributed by atoms with E-state index in [2.05, 4.69) is 13.8 Å². The van der Waals surface area contributed by atoms with Gasteiger partial charge in [0.25, 0.3) is 0 Å². The van der Waals surface area contributed by atoms with E-state index in [0.717, 1.165) is 6.42 Å². The maximum absolute atomic E-state index is 12.4. The standard InChI is InChI=1S/C16H30O4/c1-8-16(10-9-11(2)3,14(17)19-12(4)5)15(18)20-13(6)7/h11-13H,8-10H2,1-7H3. The van der Waals surface area contributed by atoms with Crippen LogP contribution in [-0.2, 0) is 19.1 Å². The third-order valence-electron chi connectivity index (χ3n) is 3.22. The molecule has 4 nitrogen and oxygen atoms in total. The molecule has 20 heavy (non-hydrogen) atoms. The van der Waals surface area contributed by atoms with Crippen molar-refractivity contribution in [3.05, 3.63) is 0 Å². The summed E-state index contributed by atoms with van der Waals surface area (Å²) in [4.78, 5) is 24.8. The molecule has 0 aliphatic rings. The van der Waals surface area contributed by atoms with E-state index in [1.165, 1.54) is 0 Å². The summed E-state index contributed by atoms with van der Waals surface area (Å²) in [6, 6.07) is 0. The van der Waals surface area contributed by atoms with Crippen molar-refractivity contribution in [3.8, 4) is 0 Å². The monoisotopic (exact) mass is 286 g/mol. The lowest BCUT2D eigenvalue weighted by molar-refractivity contribution is -0.178. The highest BCUT2D eigenvalue weighted by molar-refractivity contribution is 6.00. The minimum atomic E-state index is -1.17. The number of esters is 2. The molecular formula is C16H30O4. The quantitative estimate of drug-likeness (QED) is 0.504. The van der Waals surface area contributed by atoms with E-state index in [1.807, 2.05) is 6.92 Å². The van der Waals surface area contributed by atoms with Crippen molar-refractivity contribution in [2.45, 2.75) is 79.9 Å². The van der Waals surface area contributed by atoms with Crippen LogP contribution in [-0.4, -0.2) is 24.1 Å². The van der Waals surface area contributed by atoms with Crippen LogP contribution in [0.3, 0.4) is 0 Å². The molecule has 0 aliphatic carbocycles. The average molecular weight is 286 g/mol. The van der Waals surface area contributed by atoms with Gasteiger partial charge in [-0.15, -0.1) is 0 Å². The lowest BCUT2D eigenvalue weighted by atomic mass is 9.79. The van der Waals surface area contributed by atoms with Gasteiger partial charge in [-0.1, -0.05) is 20.8 Å². The van der Waals surface area contributed by atoms with E-state index in [0.29, 0.717) is 18.8 Å². The number of ether oxygens (including phenoxy) is 2. The molecule has 0 saturated carbocycles. The summed E-state index contributed by atoms with van der Waals surface area (Å²) in [6.07, 6.45) is 1.18. The molecule has 0 N–H and O–H groups in total. The summed E-state index contributed by atoms with van der Waals surface area (Å²) < 4.78 is 10.6. The molecule has 0 aliphatic heterocycles. The van der Waals surface area contributed by atoms with E-state index in [9.17, 15) is 9.59 Å². The molecule has 0 heterocycles. The van der Waals surface area contributed by atoms with Crippen LogP contribution in [0.15, 0.2) is 0 Å². The third-order valence-corrected chi connectivity index (χ3v) is 3.22. The first-order valence-corrected chi connectivity index (χ1v) is 7.57. The van der Waals surface area contributed by atoms with Crippen LogP contribution in [0.2, 0.25) is 0 Å². The maximum atomic E-state index is 12.4. The maximum Gasteiger partial charge on any atom is 0.323 e. The highest BCUT2D eigenvalue weighted by Crippen LogP contribution is 2.34. The van der Waals surface area contributed by atoms with E-state index < -0.39 is 17.4 Å². The van der Waals surface area contributed by atoms with Crippen LogP contribution < -0.4 is 0 Å². The zero-order chi connectivity index (χ0) is 15.9. The second-order valence-corrected chi connectivity index (χ2v) is 6.28. The van der Waals surface area contributed by atoms with Crippen LogP contribution in [0.5, 0.6) is 0 Å². The van der Waals surface area contributed by atoms with Crippen molar-refractivity contribution in [1.29, 1.82) is 0 Å². The molecule has 0 aromatic rings. The predicted molar refractivity (Wildman–Crippen MR) is 79.3 cm³/mol. The topological polar surface area (TPSA) is 52.6 Å². The smallest absolute Gasteiger partial charge is 0.323 e. The van der Waals surface area contributed by atoms with Crippen LogP contribution in [0.25, 0.3) is 0 Å². The van der Waals surface area contributed by atoms with Gasteiger partial charge in [-0.25, -0.2) is 0 Å². The summed E-state index contributed by atoms with van der Waals surface area (Å²) in [5.74, 6) is -0.498. The Morgan fingerprint density at radius 2 is 1.30 bits per heavy atom. The molecule has 0 unspecified atom stereocenters. The van der Waals surface area contributed by atoms with Gasteiger partial charge in [0.15, 0.2) is 5.41 Å². The van der Waals surface area contributed by atoms with Gasteiger partial charge in [-0.2, -0.15) is 0 Å². The fourth-order valence-corrected chi connectivity index (χ4v) is 1.94. The van der Waals surface area contributed by atoms with Crippen molar-refractivity contribution in [1.82, 2.24) is 0 Å². The van der Waals surface area contributed by atoms with Gasteiger partial charge < -0.3 is 9.47 Å². The fourth-order valence-electron chi connectivity index (χ4n) is 1.94. The van der Waals surface area contributed by atoms with Crippen molar-refractivity contribution >= 4 is 11.9 Å². The van der Waals surface area contributed by atoms with Crippen molar-refractivity contribution < 1.29 is 19.1 Å². The van der Waals surface area contributed by atoms with E-state index >= 15 is 0 Å². The Morgan fingerprint density at radius 1 is 0.900 bits per heavy atom. The number of hydrogen-bond acceptors (Lipinski definition) is 4. The van der Waals surface area contributed by atoms with Crippen molar-refractivity contribution in [2.24, 2.45) is 11.3 Å². The summed E-state index contributed by atoms with van der Waals surface area (Å²) in [6.45, 7) is 13.1. The minimum Gasteiger partial charge on any atom is -0.462 e. The lowest BCUT2D eigenvalue weighted by Crippen LogP contribution is -2.43. The van der Waals surface area contributed by atoms with E-state index in [4.69, 9.17) is 9.47 Å². The summed E-state index contributed by atoms with van der Waals surface area (Å²) in [5, 5.41) is 0.